The average molecular weight is 401 g/mol. The SMILES string of the molecule is O=C(Nc1ccccc1Cl)C1CCC(N2C(=O)[C@H]3[C@H]4CC[C@@H](C4)[C@@H]3C2=O)CC1. The highest BCUT2D eigenvalue weighted by Gasteiger charge is 2.61. The normalized spacial score (nSPS) is 36.7. The van der Waals surface area contributed by atoms with Gasteiger partial charge in [0.2, 0.25) is 17.7 Å². The fourth-order valence-corrected chi connectivity index (χ4v) is 6.37. The van der Waals surface area contributed by atoms with Gasteiger partial charge in [-0.3, -0.25) is 19.3 Å². The van der Waals surface area contributed by atoms with Gasteiger partial charge in [0.05, 0.1) is 22.5 Å². The highest BCUT2D eigenvalue weighted by Crippen LogP contribution is 2.56. The van der Waals surface area contributed by atoms with Crippen molar-refractivity contribution in [2.24, 2.45) is 29.6 Å². The summed E-state index contributed by atoms with van der Waals surface area (Å²) in [5.74, 6) is 0.775. The first-order chi connectivity index (χ1) is 13.5. The number of hydrogen-bond donors (Lipinski definition) is 1. The maximum atomic E-state index is 13.0. The lowest BCUT2D eigenvalue weighted by molar-refractivity contribution is -0.144. The molecule has 1 N–H and O–H groups in total. The Morgan fingerprint density at radius 3 is 2.14 bits per heavy atom. The van der Waals surface area contributed by atoms with Crippen molar-refractivity contribution in [2.75, 3.05) is 5.32 Å². The Morgan fingerprint density at radius 2 is 1.54 bits per heavy atom. The summed E-state index contributed by atoms with van der Waals surface area (Å²) in [7, 11) is 0. The fourth-order valence-electron chi connectivity index (χ4n) is 6.19. The zero-order valence-corrected chi connectivity index (χ0v) is 16.5. The maximum absolute atomic E-state index is 13.0. The number of halogens is 1. The number of benzene rings is 1. The van der Waals surface area contributed by atoms with Crippen LogP contribution in [-0.4, -0.2) is 28.7 Å². The van der Waals surface area contributed by atoms with Crippen LogP contribution >= 0.6 is 11.6 Å². The van der Waals surface area contributed by atoms with Gasteiger partial charge in [0.15, 0.2) is 0 Å². The van der Waals surface area contributed by atoms with E-state index >= 15 is 0 Å². The van der Waals surface area contributed by atoms with E-state index in [1.54, 1.807) is 17.0 Å². The number of hydrogen-bond acceptors (Lipinski definition) is 3. The minimum absolute atomic E-state index is 0.0273. The Bertz CT molecular complexity index is 805. The summed E-state index contributed by atoms with van der Waals surface area (Å²) < 4.78 is 0. The summed E-state index contributed by atoms with van der Waals surface area (Å²) in [5, 5.41) is 3.44. The first-order valence-corrected chi connectivity index (χ1v) is 10.8. The molecule has 0 aromatic heterocycles. The minimum atomic E-state index is -0.101. The van der Waals surface area contributed by atoms with Crippen molar-refractivity contribution >= 4 is 35.0 Å². The maximum Gasteiger partial charge on any atom is 0.233 e. The summed E-state index contributed by atoms with van der Waals surface area (Å²) >= 11 is 6.13. The van der Waals surface area contributed by atoms with Crippen LogP contribution in [0.5, 0.6) is 0 Å². The number of nitrogens with zero attached hydrogens (tertiary/aromatic N) is 1. The van der Waals surface area contributed by atoms with E-state index in [4.69, 9.17) is 11.6 Å². The lowest BCUT2D eigenvalue weighted by Gasteiger charge is -2.33. The molecule has 0 radical (unpaired) electrons. The molecule has 3 amide bonds. The van der Waals surface area contributed by atoms with Crippen LogP contribution in [-0.2, 0) is 14.4 Å². The molecule has 148 valence electrons. The fraction of sp³-hybridized carbons (Fsp3) is 0.591. The van der Waals surface area contributed by atoms with Crippen LogP contribution in [0, 0.1) is 29.6 Å². The Balaban J connectivity index is 1.22. The number of para-hydroxylation sites is 1. The molecule has 2 bridgehead atoms. The van der Waals surface area contributed by atoms with Gasteiger partial charge in [0.1, 0.15) is 0 Å². The van der Waals surface area contributed by atoms with E-state index in [0.29, 0.717) is 48.2 Å². The van der Waals surface area contributed by atoms with Crippen molar-refractivity contribution < 1.29 is 14.4 Å². The van der Waals surface area contributed by atoms with E-state index in [9.17, 15) is 14.4 Å². The second-order valence-electron chi connectivity index (χ2n) is 8.91. The molecule has 3 saturated carbocycles. The summed E-state index contributed by atoms with van der Waals surface area (Å²) in [4.78, 5) is 40.2. The van der Waals surface area contributed by atoms with Gasteiger partial charge < -0.3 is 5.32 Å². The number of anilines is 1. The van der Waals surface area contributed by atoms with Crippen LogP contribution in [0.1, 0.15) is 44.9 Å². The van der Waals surface area contributed by atoms with Crippen LogP contribution < -0.4 is 5.32 Å². The van der Waals surface area contributed by atoms with E-state index in [1.807, 2.05) is 12.1 Å². The van der Waals surface area contributed by atoms with Gasteiger partial charge in [-0.2, -0.15) is 0 Å². The van der Waals surface area contributed by atoms with Gasteiger partial charge in [0.25, 0.3) is 0 Å². The molecule has 1 aromatic carbocycles. The average Bonchev–Trinajstić information content (AvgIpc) is 3.38. The quantitative estimate of drug-likeness (QED) is 0.783. The van der Waals surface area contributed by atoms with E-state index in [2.05, 4.69) is 5.32 Å². The number of likely N-dealkylation sites (tertiary alicyclic amines) is 1. The van der Waals surface area contributed by atoms with Gasteiger partial charge in [-0.15, -0.1) is 0 Å². The number of nitrogens with one attached hydrogen (secondary N) is 1. The van der Waals surface area contributed by atoms with E-state index in [0.717, 1.165) is 19.3 Å². The molecule has 3 aliphatic carbocycles. The molecule has 4 atom stereocenters. The van der Waals surface area contributed by atoms with Crippen molar-refractivity contribution in [1.29, 1.82) is 0 Å². The molecule has 4 fully saturated rings. The second-order valence-corrected chi connectivity index (χ2v) is 9.31. The Morgan fingerprint density at radius 1 is 0.929 bits per heavy atom. The van der Waals surface area contributed by atoms with Gasteiger partial charge in [-0.25, -0.2) is 0 Å². The first kappa shape index (κ1) is 18.2. The standard InChI is InChI=1S/C22H25ClN2O3/c23-16-3-1-2-4-17(16)24-20(26)12-7-9-15(10-8-12)25-21(27)18-13-5-6-14(11-13)19(18)22(25)28/h1-4,12-15,18-19H,5-11H2,(H,24,26)/t12?,13-,14-,15?,18-,19-/m0/s1. The van der Waals surface area contributed by atoms with E-state index < -0.39 is 0 Å². The van der Waals surface area contributed by atoms with E-state index in [-0.39, 0.29) is 41.5 Å². The number of carbonyl (C=O) groups excluding carboxylic acids is 3. The predicted molar refractivity (Wildman–Crippen MR) is 105 cm³/mol. The minimum Gasteiger partial charge on any atom is -0.325 e. The summed E-state index contributed by atoms with van der Waals surface area (Å²) in [6.07, 6.45) is 6.09. The molecule has 0 spiro atoms. The number of amides is 3. The number of fused-ring (bicyclic) bond motifs is 5. The third-order valence-electron chi connectivity index (χ3n) is 7.53. The molecule has 28 heavy (non-hydrogen) atoms. The molecule has 6 heteroatoms. The molecule has 5 rings (SSSR count). The van der Waals surface area contributed by atoms with Gasteiger partial charge in [-0.1, -0.05) is 23.7 Å². The highest BCUT2D eigenvalue weighted by molar-refractivity contribution is 6.33. The lowest BCUT2D eigenvalue weighted by Crippen LogP contribution is -2.44. The Kier molecular flexibility index (Phi) is 4.46. The van der Waals surface area contributed by atoms with Crippen LogP contribution in [0.4, 0.5) is 5.69 Å². The van der Waals surface area contributed by atoms with Crippen molar-refractivity contribution in [1.82, 2.24) is 4.90 Å². The number of carbonyl (C=O) groups is 3. The van der Waals surface area contributed by atoms with E-state index in [1.165, 1.54) is 0 Å². The summed E-state index contributed by atoms with van der Waals surface area (Å²) in [6, 6.07) is 7.18. The van der Waals surface area contributed by atoms with Crippen LogP contribution in [0.3, 0.4) is 0 Å². The molecule has 1 heterocycles. The van der Waals surface area contributed by atoms with Crippen molar-refractivity contribution in [3.8, 4) is 0 Å². The predicted octanol–water partition coefficient (Wildman–Crippen LogP) is 3.87. The lowest BCUT2D eigenvalue weighted by atomic mass is 9.81. The molecule has 1 aliphatic heterocycles. The molecule has 1 saturated heterocycles. The largest absolute Gasteiger partial charge is 0.325 e. The van der Waals surface area contributed by atoms with Crippen LogP contribution in [0.25, 0.3) is 0 Å². The topological polar surface area (TPSA) is 66.5 Å². The van der Waals surface area contributed by atoms with Gasteiger partial charge in [-0.05, 0) is 68.9 Å². The molecule has 1 aromatic rings. The highest BCUT2D eigenvalue weighted by atomic mass is 35.5. The zero-order valence-electron chi connectivity index (χ0n) is 15.8. The van der Waals surface area contributed by atoms with Crippen molar-refractivity contribution in [3.63, 3.8) is 0 Å². The summed E-state index contributed by atoms with van der Waals surface area (Å²) in [6.45, 7) is 0. The molecule has 5 nitrogen and oxygen atoms in total. The number of imide groups is 1. The zero-order chi connectivity index (χ0) is 19.4. The third kappa shape index (κ3) is 2.78. The van der Waals surface area contributed by atoms with Gasteiger partial charge in [0, 0.05) is 12.0 Å². The number of rotatable bonds is 3. The Labute approximate surface area is 169 Å². The first-order valence-electron chi connectivity index (χ1n) is 10.5. The molecular weight excluding hydrogens is 376 g/mol. The van der Waals surface area contributed by atoms with Crippen LogP contribution in [0.15, 0.2) is 24.3 Å². The summed E-state index contributed by atoms with van der Waals surface area (Å²) in [5.41, 5.74) is 0.629. The monoisotopic (exact) mass is 400 g/mol. The molecule has 0 unspecified atom stereocenters. The second kappa shape index (κ2) is 6.87. The van der Waals surface area contributed by atoms with Crippen LogP contribution in [0.2, 0.25) is 5.02 Å². The molecule has 4 aliphatic rings. The smallest absolute Gasteiger partial charge is 0.233 e. The Hall–Kier alpha value is -1.88. The van der Waals surface area contributed by atoms with Crippen molar-refractivity contribution in [2.45, 2.75) is 51.0 Å². The molecular formula is C22H25ClN2O3. The van der Waals surface area contributed by atoms with Crippen molar-refractivity contribution in [3.05, 3.63) is 29.3 Å². The third-order valence-corrected chi connectivity index (χ3v) is 7.86. The van der Waals surface area contributed by atoms with Gasteiger partial charge >= 0.3 is 0 Å².